The summed E-state index contributed by atoms with van der Waals surface area (Å²) in [6.07, 6.45) is 0.128. The van der Waals surface area contributed by atoms with Crippen molar-refractivity contribution >= 4 is 35.6 Å². The standard InChI is InChI=1S/C18H18ClN3O3.ClH/c19-16-7-2-1-6-15(16)17-12-20-8-9-21(17)18(23)11-13-4-3-5-14(10-13)22(24)25;/h1-7,10,17,20H,8-9,11-12H2;1H. The molecular formula is C18H19Cl2N3O3. The van der Waals surface area contributed by atoms with Crippen molar-refractivity contribution in [2.45, 2.75) is 12.5 Å². The first-order valence-electron chi connectivity index (χ1n) is 8.04. The number of nitrogens with one attached hydrogen (secondary N) is 1. The van der Waals surface area contributed by atoms with E-state index in [1.807, 2.05) is 24.3 Å². The van der Waals surface area contributed by atoms with Gasteiger partial charge >= 0.3 is 0 Å². The number of rotatable bonds is 4. The third kappa shape index (κ3) is 4.52. The van der Waals surface area contributed by atoms with Crippen LogP contribution in [0.25, 0.3) is 0 Å². The van der Waals surface area contributed by atoms with E-state index >= 15 is 0 Å². The Labute approximate surface area is 162 Å². The van der Waals surface area contributed by atoms with Gasteiger partial charge in [0.15, 0.2) is 0 Å². The van der Waals surface area contributed by atoms with Gasteiger partial charge in [-0.25, -0.2) is 0 Å². The van der Waals surface area contributed by atoms with E-state index in [2.05, 4.69) is 5.32 Å². The number of halogens is 2. The number of benzene rings is 2. The Balaban J connectivity index is 0.00000243. The molecule has 0 aliphatic carbocycles. The van der Waals surface area contributed by atoms with Gasteiger partial charge in [0.25, 0.3) is 5.69 Å². The predicted molar refractivity (Wildman–Crippen MR) is 103 cm³/mol. The molecule has 26 heavy (non-hydrogen) atoms. The quantitative estimate of drug-likeness (QED) is 0.635. The first-order chi connectivity index (χ1) is 12.1. The number of non-ortho nitro benzene ring substituents is 1. The van der Waals surface area contributed by atoms with Gasteiger partial charge < -0.3 is 10.2 Å². The van der Waals surface area contributed by atoms with Crippen molar-refractivity contribution in [1.82, 2.24) is 10.2 Å². The summed E-state index contributed by atoms with van der Waals surface area (Å²) in [5.74, 6) is -0.0630. The highest BCUT2D eigenvalue weighted by Gasteiger charge is 2.29. The minimum Gasteiger partial charge on any atom is -0.333 e. The summed E-state index contributed by atoms with van der Waals surface area (Å²) >= 11 is 6.30. The van der Waals surface area contributed by atoms with Crippen LogP contribution < -0.4 is 5.32 Å². The average Bonchev–Trinajstić information content (AvgIpc) is 2.62. The molecule has 0 saturated carbocycles. The van der Waals surface area contributed by atoms with Gasteiger partial charge in [-0.3, -0.25) is 14.9 Å². The highest BCUT2D eigenvalue weighted by Crippen LogP contribution is 2.29. The van der Waals surface area contributed by atoms with Gasteiger partial charge in [0.2, 0.25) is 5.91 Å². The van der Waals surface area contributed by atoms with Crippen molar-refractivity contribution in [2.24, 2.45) is 0 Å². The molecule has 2 aromatic rings. The van der Waals surface area contributed by atoms with E-state index in [0.717, 1.165) is 5.56 Å². The van der Waals surface area contributed by atoms with Gasteiger partial charge in [-0.05, 0) is 17.2 Å². The SMILES string of the molecule is Cl.O=C(Cc1cccc([N+](=O)[O-])c1)N1CCNCC1c1ccccc1Cl. The minimum absolute atomic E-state index is 0. The maximum atomic E-state index is 12.8. The maximum absolute atomic E-state index is 12.8. The predicted octanol–water partition coefficient (Wildman–Crippen LogP) is 3.39. The monoisotopic (exact) mass is 395 g/mol. The number of carbonyl (C=O) groups excluding carboxylic acids is 1. The van der Waals surface area contributed by atoms with Gasteiger partial charge in [-0.15, -0.1) is 12.4 Å². The molecule has 2 aromatic carbocycles. The summed E-state index contributed by atoms with van der Waals surface area (Å²) in [5.41, 5.74) is 1.53. The summed E-state index contributed by atoms with van der Waals surface area (Å²) in [4.78, 5) is 25.1. The molecule has 1 saturated heterocycles. The Morgan fingerprint density at radius 2 is 2.04 bits per heavy atom. The molecular weight excluding hydrogens is 377 g/mol. The second-order valence-corrected chi connectivity index (χ2v) is 6.34. The number of piperazine rings is 1. The van der Waals surface area contributed by atoms with Gasteiger partial charge in [0, 0.05) is 36.8 Å². The molecule has 6 nitrogen and oxygen atoms in total. The molecule has 1 aliphatic heterocycles. The number of nitro benzene ring substituents is 1. The zero-order chi connectivity index (χ0) is 17.8. The third-order valence-electron chi connectivity index (χ3n) is 4.30. The number of carbonyl (C=O) groups is 1. The zero-order valence-electron chi connectivity index (χ0n) is 13.9. The molecule has 1 amide bonds. The van der Waals surface area contributed by atoms with Gasteiger partial charge in [-0.2, -0.15) is 0 Å². The second kappa shape index (κ2) is 8.98. The number of hydrogen-bond acceptors (Lipinski definition) is 4. The zero-order valence-corrected chi connectivity index (χ0v) is 15.5. The summed E-state index contributed by atoms with van der Waals surface area (Å²) in [6.45, 7) is 1.91. The van der Waals surface area contributed by atoms with E-state index in [1.165, 1.54) is 12.1 Å². The molecule has 1 heterocycles. The highest BCUT2D eigenvalue weighted by atomic mass is 35.5. The summed E-state index contributed by atoms with van der Waals surface area (Å²) in [6, 6.07) is 13.6. The molecule has 1 unspecified atom stereocenters. The van der Waals surface area contributed by atoms with Crippen LogP contribution in [0.15, 0.2) is 48.5 Å². The lowest BCUT2D eigenvalue weighted by atomic mass is 10.0. The summed E-state index contributed by atoms with van der Waals surface area (Å²) in [7, 11) is 0. The Hall–Kier alpha value is -2.15. The van der Waals surface area contributed by atoms with Crippen LogP contribution >= 0.6 is 24.0 Å². The molecule has 0 bridgehead atoms. The fourth-order valence-corrected chi connectivity index (χ4v) is 3.34. The maximum Gasteiger partial charge on any atom is 0.269 e. The van der Waals surface area contributed by atoms with Crippen LogP contribution in [0.2, 0.25) is 5.02 Å². The lowest BCUT2D eigenvalue weighted by Crippen LogP contribution is -2.49. The first kappa shape index (κ1) is 20.2. The Kier molecular flexibility index (Phi) is 6.97. The van der Waals surface area contributed by atoms with Crippen molar-refractivity contribution in [2.75, 3.05) is 19.6 Å². The van der Waals surface area contributed by atoms with Crippen molar-refractivity contribution in [3.8, 4) is 0 Å². The van der Waals surface area contributed by atoms with Crippen LogP contribution in [0.3, 0.4) is 0 Å². The lowest BCUT2D eigenvalue weighted by molar-refractivity contribution is -0.384. The van der Waals surface area contributed by atoms with Gasteiger partial charge in [-0.1, -0.05) is 41.9 Å². The topological polar surface area (TPSA) is 75.5 Å². The smallest absolute Gasteiger partial charge is 0.269 e. The molecule has 0 aromatic heterocycles. The number of amides is 1. The largest absolute Gasteiger partial charge is 0.333 e. The minimum atomic E-state index is -0.453. The van der Waals surface area contributed by atoms with Gasteiger partial charge in [0.1, 0.15) is 0 Å². The Bertz CT molecular complexity index is 801. The fraction of sp³-hybridized carbons (Fsp3) is 0.278. The lowest BCUT2D eigenvalue weighted by Gasteiger charge is -2.37. The third-order valence-corrected chi connectivity index (χ3v) is 4.65. The van der Waals surface area contributed by atoms with Crippen LogP contribution in [0.5, 0.6) is 0 Å². The van der Waals surface area contributed by atoms with Gasteiger partial charge in [0.05, 0.1) is 17.4 Å². The van der Waals surface area contributed by atoms with E-state index in [9.17, 15) is 14.9 Å². The Morgan fingerprint density at radius 3 is 2.77 bits per heavy atom. The number of nitro groups is 1. The second-order valence-electron chi connectivity index (χ2n) is 5.93. The molecule has 1 aliphatic rings. The van der Waals surface area contributed by atoms with Crippen LogP contribution in [0.4, 0.5) is 5.69 Å². The van der Waals surface area contributed by atoms with Crippen molar-refractivity contribution in [3.63, 3.8) is 0 Å². The summed E-state index contributed by atoms with van der Waals surface area (Å²) < 4.78 is 0. The first-order valence-corrected chi connectivity index (χ1v) is 8.42. The molecule has 138 valence electrons. The van der Waals surface area contributed by atoms with E-state index in [4.69, 9.17) is 11.6 Å². The van der Waals surface area contributed by atoms with Crippen molar-refractivity contribution in [1.29, 1.82) is 0 Å². The molecule has 3 rings (SSSR count). The number of nitrogens with zero attached hydrogens (tertiary/aromatic N) is 2. The van der Waals surface area contributed by atoms with Crippen LogP contribution in [-0.4, -0.2) is 35.4 Å². The van der Waals surface area contributed by atoms with Crippen molar-refractivity contribution < 1.29 is 9.72 Å². The van der Waals surface area contributed by atoms with Crippen LogP contribution in [0, 0.1) is 10.1 Å². The normalized spacial score (nSPS) is 16.7. The highest BCUT2D eigenvalue weighted by molar-refractivity contribution is 6.31. The van der Waals surface area contributed by atoms with Crippen molar-refractivity contribution in [3.05, 3.63) is 74.8 Å². The number of hydrogen-bond donors (Lipinski definition) is 1. The van der Waals surface area contributed by atoms with E-state index in [0.29, 0.717) is 30.2 Å². The molecule has 1 fully saturated rings. The van der Waals surface area contributed by atoms with E-state index < -0.39 is 4.92 Å². The van der Waals surface area contributed by atoms with Crippen LogP contribution in [-0.2, 0) is 11.2 Å². The van der Waals surface area contributed by atoms with E-state index in [-0.39, 0.29) is 36.5 Å². The fourth-order valence-electron chi connectivity index (χ4n) is 3.08. The Morgan fingerprint density at radius 1 is 1.27 bits per heavy atom. The average molecular weight is 396 g/mol. The molecule has 1 N–H and O–H groups in total. The molecule has 0 radical (unpaired) electrons. The molecule has 0 spiro atoms. The molecule has 1 atom stereocenters. The van der Waals surface area contributed by atoms with E-state index in [1.54, 1.807) is 17.0 Å². The molecule has 8 heteroatoms. The summed E-state index contributed by atoms with van der Waals surface area (Å²) in [5, 5.41) is 14.8. The van der Waals surface area contributed by atoms with Crippen LogP contribution in [0.1, 0.15) is 17.2 Å².